The molecule has 1 aliphatic rings. The Morgan fingerprint density at radius 2 is 2.00 bits per heavy atom. The topological polar surface area (TPSA) is 41.9 Å². The zero-order valence-electron chi connectivity index (χ0n) is 14.2. The van der Waals surface area contributed by atoms with Crippen LogP contribution in [0.2, 0.25) is 0 Å². The monoisotopic (exact) mass is 332 g/mol. The zero-order chi connectivity index (χ0) is 16.8. The predicted molar refractivity (Wildman–Crippen MR) is 97.9 cm³/mol. The smallest absolute Gasteiger partial charge is 0.337 e. The van der Waals surface area contributed by atoms with E-state index in [1.54, 1.807) is 11.8 Å². The molecule has 1 aliphatic heterocycles. The molecule has 0 aliphatic carbocycles. The highest BCUT2D eigenvalue weighted by Gasteiger charge is 2.32. The van der Waals surface area contributed by atoms with Gasteiger partial charge < -0.3 is 4.74 Å². The minimum absolute atomic E-state index is 0.124. The summed E-state index contributed by atoms with van der Waals surface area (Å²) in [6.07, 6.45) is 3.83. The number of rotatable bonds is 5. The standard InChI is InChI=1S/C18H24N2O2S/c1-5-10-15-16(17(21)22-6-2)13(3)20(18(19-15)23-4)14-11-8-7-9-12-14/h7-9,11-12,15H,5-6,10H2,1-4H3/t15-/m1/s1. The Bertz CT molecular complexity index is 611. The predicted octanol–water partition coefficient (Wildman–Crippen LogP) is 4.23. The summed E-state index contributed by atoms with van der Waals surface area (Å²) >= 11 is 1.60. The summed E-state index contributed by atoms with van der Waals surface area (Å²) in [5, 5.41) is 0.917. The van der Waals surface area contributed by atoms with Crippen molar-refractivity contribution in [2.75, 3.05) is 17.8 Å². The fraction of sp³-hybridized carbons (Fsp3) is 0.444. The first-order valence-corrected chi connectivity index (χ1v) is 9.21. The third-order valence-corrected chi connectivity index (χ3v) is 4.42. The lowest BCUT2D eigenvalue weighted by Crippen LogP contribution is -2.37. The number of ether oxygens (including phenoxy) is 1. The van der Waals surface area contributed by atoms with Gasteiger partial charge in [0.05, 0.1) is 18.2 Å². The first-order valence-electron chi connectivity index (χ1n) is 7.98. The molecule has 0 saturated carbocycles. The number of allylic oxidation sites excluding steroid dienone is 1. The Balaban J connectivity index is 2.51. The summed E-state index contributed by atoms with van der Waals surface area (Å²) in [4.78, 5) is 19.4. The van der Waals surface area contributed by atoms with Crippen molar-refractivity contribution in [3.05, 3.63) is 41.6 Å². The van der Waals surface area contributed by atoms with Crippen LogP contribution in [0.4, 0.5) is 5.69 Å². The maximum atomic E-state index is 12.5. The molecule has 0 saturated heterocycles. The number of anilines is 1. The van der Waals surface area contributed by atoms with Gasteiger partial charge in [0.2, 0.25) is 0 Å². The van der Waals surface area contributed by atoms with Gasteiger partial charge in [-0.25, -0.2) is 4.79 Å². The molecule has 0 fully saturated rings. The van der Waals surface area contributed by atoms with Crippen LogP contribution in [0.1, 0.15) is 33.6 Å². The largest absolute Gasteiger partial charge is 0.463 e. The SMILES string of the molecule is CCC[C@H]1N=C(SC)N(c2ccccc2)C(C)=C1C(=O)OCC. The van der Waals surface area contributed by atoms with E-state index in [2.05, 4.69) is 6.92 Å². The van der Waals surface area contributed by atoms with E-state index in [0.29, 0.717) is 12.2 Å². The highest BCUT2D eigenvalue weighted by atomic mass is 32.2. The summed E-state index contributed by atoms with van der Waals surface area (Å²) in [6.45, 7) is 6.29. The Morgan fingerprint density at radius 1 is 1.30 bits per heavy atom. The van der Waals surface area contributed by atoms with Crippen molar-refractivity contribution in [1.29, 1.82) is 0 Å². The van der Waals surface area contributed by atoms with Gasteiger partial charge in [0.1, 0.15) is 0 Å². The first-order chi connectivity index (χ1) is 11.1. The van der Waals surface area contributed by atoms with Gasteiger partial charge in [0.15, 0.2) is 5.17 Å². The molecule has 0 spiro atoms. The van der Waals surface area contributed by atoms with Crippen molar-refractivity contribution < 1.29 is 9.53 Å². The normalized spacial score (nSPS) is 18.0. The number of carbonyl (C=O) groups is 1. The number of benzene rings is 1. The molecule has 0 unspecified atom stereocenters. The molecule has 23 heavy (non-hydrogen) atoms. The lowest BCUT2D eigenvalue weighted by Gasteiger charge is -2.34. The summed E-state index contributed by atoms with van der Waals surface area (Å²) in [5.41, 5.74) is 2.60. The number of thioether (sulfide) groups is 1. The lowest BCUT2D eigenvalue weighted by molar-refractivity contribution is -0.138. The van der Waals surface area contributed by atoms with E-state index < -0.39 is 0 Å². The fourth-order valence-electron chi connectivity index (χ4n) is 2.76. The van der Waals surface area contributed by atoms with E-state index in [1.807, 2.05) is 55.3 Å². The molecular formula is C18H24N2O2S. The number of carbonyl (C=O) groups excluding carboxylic acids is 1. The van der Waals surface area contributed by atoms with Crippen LogP contribution in [0.25, 0.3) is 0 Å². The molecule has 4 nitrogen and oxygen atoms in total. The fourth-order valence-corrected chi connectivity index (χ4v) is 3.42. The van der Waals surface area contributed by atoms with E-state index in [-0.39, 0.29) is 12.0 Å². The number of nitrogens with zero attached hydrogens (tertiary/aromatic N) is 2. The molecule has 1 atom stereocenters. The summed E-state index contributed by atoms with van der Waals surface area (Å²) in [7, 11) is 0. The molecule has 1 heterocycles. The summed E-state index contributed by atoms with van der Waals surface area (Å²) in [6, 6.07) is 9.89. The number of para-hydroxylation sites is 1. The van der Waals surface area contributed by atoms with Gasteiger partial charge in [-0.1, -0.05) is 43.3 Å². The van der Waals surface area contributed by atoms with Crippen LogP contribution < -0.4 is 4.90 Å². The number of hydrogen-bond acceptors (Lipinski definition) is 5. The second-order valence-corrected chi connectivity index (χ2v) is 6.08. The van der Waals surface area contributed by atoms with Crippen LogP contribution in [0.15, 0.2) is 46.6 Å². The van der Waals surface area contributed by atoms with E-state index in [9.17, 15) is 4.79 Å². The molecule has 0 N–H and O–H groups in total. The maximum absolute atomic E-state index is 12.5. The Kier molecular flexibility index (Phi) is 6.28. The highest BCUT2D eigenvalue weighted by molar-refractivity contribution is 8.13. The molecule has 1 aromatic rings. The number of esters is 1. The summed E-state index contributed by atoms with van der Waals surface area (Å²) < 4.78 is 5.28. The van der Waals surface area contributed by atoms with Gasteiger partial charge in [-0.05, 0) is 38.7 Å². The zero-order valence-corrected chi connectivity index (χ0v) is 15.0. The third-order valence-electron chi connectivity index (χ3n) is 3.77. The van der Waals surface area contributed by atoms with Crippen LogP contribution in [-0.2, 0) is 9.53 Å². The van der Waals surface area contributed by atoms with Crippen molar-refractivity contribution in [1.82, 2.24) is 0 Å². The van der Waals surface area contributed by atoms with Gasteiger partial charge in [0.25, 0.3) is 0 Å². The molecule has 2 rings (SSSR count). The molecule has 0 bridgehead atoms. The third kappa shape index (κ3) is 3.78. The van der Waals surface area contributed by atoms with Crippen molar-refractivity contribution in [2.45, 2.75) is 39.7 Å². The van der Waals surface area contributed by atoms with E-state index in [0.717, 1.165) is 29.4 Å². The van der Waals surface area contributed by atoms with E-state index in [1.165, 1.54) is 0 Å². The van der Waals surface area contributed by atoms with Crippen LogP contribution in [0.5, 0.6) is 0 Å². The second-order valence-electron chi connectivity index (χ2n) is 5.31. The van der Waals surface area contributed by atoms with Crippen LogP contribution in [-0.4, -0.2) is 30.0 Å². The molecule has 5 heteroatoms. The van der Waals surface area contributed by atoms with Gasteiger partial charge in [0, 0.05) is 11.4 Å². The van der Waals surface area contributed by atoms with Crippen molar-refractivity contribution >= 4 is 28.6 Å². The van der Waals surface area contributed by atoms with Crippen molar-refractivity contribution in [3.8, 4) is 0 Å². The minimum Gasteiger partial charge on any atom is -0.463 e. The maximum Gasteiger partial charge on any atom is 0.337 e. The summed E-state index contributed by atoms with van der Waals surface area (Å²) in [5.74, 6) is -0.256. The highest BCUT2D eigenvalue weighted by Crippen LogP contribution is 2.33. The van der Waals surface area contributed by atoms with Gasteiger partial charge in [-0.15, -0.1) is 0 Å². The van der Waals surface area contributed by atoms with Crippen molar-refractivity contribution in [3.63, 3.8) is 0 Å². The second kappa shape index (κ2) is 8.20. The van der Waals surface area contributed by atoms with Gasteiger partial charge in [-0.3, -0.25) is 9.89 Å². The number of aliphatic imine (C=N–C) groups is 1. The van der Waals surface area contributed by atoms with E-state index >= 15 is 0 Å². The Hall–Kier alpha value is -1.75. The van der Waals surface area contributed by atoms with Crippen LogP contribution in [0, 0.1) is 0 Å². The quantitative estimate of drug-likeness (QED) is 0.757. The minimum atomic E-state index is -0.256. The van der Waals surface area contributed by atoms with Gasteiger partial charge >= 0.3 is 5.97 Å². The van der Waals surface area contributed by atoms with E-state index in [4.69, 9.17) is 9.73 Å². The average Bonchev–Trinajstić information content (AvgIpc) is 2.55. The first kappa shape index (κ1) is 17.6. The van der Waals surface area contributed by atoms with Crippen LogP contribution in [0.3, 0.4) is 0 Å². The Morgan fingerprint density at radius 3 is 2.57 bits per heavy atom. The average molecular weight is 332 g/mol. The Labute approximate surface area is 142 Å². The molecule has 124 valence electrons. The molecule has 1 aromatic carbocycles. The van der Waals surface area contributed by atoms with Gasteiger partial charge in [-0.2, -0.15) is 0 Å². The van der Waals surface area contributed by atoms with Crippen LogP contribution >= 0.6 is 11.8 Å². The number of amidine groups is 1. The number of hydrogen-bond donors (Lipinski definition) is 0. The molecule has 0 amide bonds. The van der Waals surface area contributed by atoms with Crippen molar-refractivity contribution in [2.24, 2.45) is 4.99 Å². The molecule has 0 radical (unpaired) electrons. The molecular weight excluding hydrogens is 308 g/mol. The molecule has 0 aromatic heterocycles. The lowest BCUT2D eigenvalue weighted by atomic mass is 9.99.